The zero-order valence-electron chi connectivity index (χ0n) is 14.8. The number of hydrogen-bond donors (Lipinski definition) is 2. The van der Waals surface area contributed by atoms with Crippen molar-refractivity contribution in [1.29, 1.82) is 0 Å². The molecular weight excluding hydrogens is 326 g/mol. The van der Waals surface area contributed by atoms with Crippen LogP contribution >= 0.6 is 0 Å². The fraction of sp³-hybridized carbons (Fsp3) is 0.364. The highest BCUT2D eigenvalue weighted by molar-refractivity contribution is 5.79. The lowest BCUT2D eigenvalue weighted by atomic mass is 9.81. The Hall–Kier alpha value is -2.62. The Morgan fingerprint density at radius 3 is 2.00 bits per heavy atom. The molecule has 1 atom stereocenters. The Morgan fingerprint density at radius 2 is 1.42 bits per heavy atom. The molecule has 0 bridgehead atoms. The lowest BCUT2D eigenvalue weighted by Gasteiger charge is -2.28. The Morgan fingerprint density at radius 1 is 0.885 bits per heavy atom. The molecule has 26 heavy (non-hydrogen) atoms. The van der Waals surface area contributed by atoms with Crippen molar-refractivity contribution < 1.29 is 14.7 Å². The second kappa shape index (κ2) is 8.65. The third-order valence-corrected chi connectivity index (χ3v) is 5.25. The summed E-state index contributed by atoms with van der Waals surface area (Å²) in [7, 11) is 0. The molecule has 2 N–H and O–H groups in total. The van der Waals surface area contributed by atoms with Crippen LogP contribution in [0.1, 0.15) is 42.9 Å². The van der Waals surface area contributed by atoms with Crippen molar-refractivity contribution in [3.05, 3.63) is 71.8 Å². The summed E-state index contributed by atoms with van der Waals surface area (Å²) in [5, 5.41) is 12.3. The van der Waals surface area contributed by atoms with Crippen LogP contribution in [0.3, 0.4) is 0 Å². The van der Waals surface area contributed by atoms with Crippen molar-refractivity contribution in [2.75, 3.05) is 0 Å². The highest BCUT2D eigenvalue weighted by Crippen LogP contribution is 2.30. The number of aliphatic carboxylic acids is 1. The molecule has 4 nitrogen and oxygen atoms in total. The highest BCUT2D eigenvalue weighted by atomic mass is 16.4. The van der Waals surface area contributed by atoms with E-state index in [9.17, 15) is 9.59 Å². The first-order valence-electron chi connectivity index (χ1n) is 9.25. The lowest BCUT2D eigenvalue weighted by molar-refractivity contribution is -0.144. The van der Waals surface area contributed by atoms with Crippen LogP contribution in [0.4, 0.5) is 0 Å². The van der Waals surface area contributed by atoms with E-state index in [-0.39, 0.29) is 23.8 Å². The normalized spacial score (nSPS) is 20.9. The van der Waals surface area contributed by atoms with Gasteiger partial charge in [-0.3, -0.25) is 9.59 Å². The van der Waals surface area contributed by atoms with E-state index in [4.69, 9.17) is 5.11 Å². The van der Waals surface area contributed by atoms with Crippen molar-refractivity contribution in [2.45, 2.75) is 38.1 Å². The molecule has 1 amide bonds. The molecule has 0 radical (unpaired) electrons. The van der Waals surface area contributed by atoms with Gasteiger partial charge in [0.05, 0.1) is 12.0 Å². The van der Waals surface area contributed by atoms with Gasteiger partial charge in [-0.2, -0.15) is 0 Å². The second-order valence-corrected chi connectivity index (χ2v) is 7.05. The van der Waals surface area contributed by atoms with Gasteiger partial charge in [0.2, 0.25) is 5.91 Å². The van der Waals surface area contributed by atoms with Crippen LogP contribution in [-0.4, -0.2) is 17.0 Å². The Bertz CT molecular complexity index is 722. The number of benzene rings is 2. The van der Waals surface area contributed by atoms with E-state index >= 15 is 0 Å². The van der Waals surface area contributed by atoms with E-state index in [1.807, 2.05) is 48.5 Å². The number of amides is 1. The monoisotopic (exact) mass is 351 g/mol. The molecule has 0 heterocycles. The van der Waals surface area contributed by atoms with Gasteiger partial charge in [-0.25, -0.2) is 0 Å². The van der Waals surface area contributed by atoms with E-state index in [1.165, 1.54) is 5.56 Å². The molecular formula is C22H25NO3. The van der Waals surface area contributed by atoms with Gasteiger partial charge in [-0.15, -0.1) is 0 Å². The second-order valence-electron chi connectivity index (χ2n) is 7.05. The maximum Gasteiger partial charge on any atom is 0.306 e. The molecule has 2 aromatic carbocycles. The summed E-state index contributed by atoms with van der Waals surface area (Å²) in [5.74, 6) is -1.09. The molecule has 3 rings (SSSR count). The predicted octanol–water partition coefficient (Wildman–Crippen LogP) is 3.98. The topological polar surface area (TPSA) is 66.4 Å². The van der Waals surface area contributed by atoms with E-state index in [2.05, 4.69) is 17.4 Å². The lowest BCUT2D eigenvalue weighted by Crippen LogP contribution is -2.37. The van der Waals surface area contributed by atoms with Gasteiger partial charge in [0.1, 0.15) is 0 Å². The van der Waals surface area contributed by atoms with Crippen molar-refractivity contribution in [3.63, 3.8) is 0 Å². The minimum absolute atomic E-state index is 0.0404. The van der Waals surface area contributed by atoms with Crippen LogP contribution < -0.4 is 5.32 Å². The number of carbonyl (C=O) groups is 2. The van der Waals surface area contributed by atoms with Crippen LogP contribution in [0, 0.1) is 11.8 Å². The average Bonchev–Trinajstić information content (AvgIpc) is 2.69. The van der Waals surface area contributed by atoms with Gasteiger partial charge in [0.25, 0.3) is 0 Å². The van der Waals surface area contributed by atoms with Crippen molar-refractivity contribution in [1.82, 2.24) is 5.32 Å². The Kier molecular flexibility index (Phi) is 6.05. The summed E-state index contributed by atoms with van der Waals surface area (Å²) < 4.78 is 0. The molecule has 136 valence electrons. The molecule has 1 aliphatic rings. The molecule has 1 aliphatic carbocycles. The quantitative estimate of drug-likeness (QED) is 0.827. The molecule has 0 spiro atoms. The van der Waals surface area contributed by atoms with E-state index in [0.29, 0.717) is 25.7 Å². The van der Waals surface area contributed by atoms with Crippen LogP contribution in [0.5, 0.6) is 0 Å². The minimum Gasteiger partial charge on any atom is -0.481 e. The fourth-order valence-electron chi connectivity index (χ4n) is 3.68. The van der Waals surface area contributed by atoms with Crippen LogP contribution in [0.25, 0.3) is 0 Å². The average molecular weight is 351 g/mol. The number of rotatable bonds is 6. The standard InChI is InChI=1S/C22H25NO3/c24-21(18-11-13-19(14-12-18)22(25)26)23-20(17-9-5-2-6-10-17)15-16-7-3-1-4-8-16/h1-10,18-20H,11-15H2,(H,23,24)(H,25,26). The van der Waals surface area contributed by atoms with Gasteiger partial charge in [-0.05, 0) is 43.2 Å². The Balaban J connectivity index is 1.67. The summed E-state index contributed by atoms with van der Waals surface area (Å²) in [4.78, 5) is 23.9. The maximum atomic E-state index is 12.8. The van der Waals surface area contributed by atoms with Crippen LogP contribution in [0.2, 0.25) is 0 Å². The summed E-state index contributed by atoms with van der Waals surface area (Å²) in [6, 6.07) is 20.1. The summed E-state index contributed by atoms with van der Waals surface area (Å²) in [6.07, 6.45) is 3.20. The van der Waals surface area contributed by atoms with Gasteiger partial charge in [-0.1, -0.05) is 60.7 Å². The summed E-state index contributed by atoms with van der Waals surface area (Å²) in [5.41, 5.74) is 2.26. The summed E-state index contributed by atoms with van der Waals surface area (Å²) in [6.45, 7) is 0. The van der Waals surface area contributed by atoms with E-state index < -0.39 is 5.97 Å². The largest absolute Gasteiger partial charge is 0.481 e. The van der Waals surface area contributed by atoms with Crippen molar-refractivity contribution in [3.8, 4) is 0 Å². The van der Waals surface area contributed by atoms with Crippen LogP contribution in [-0.2, 0) is 16.0 Å². The molecule has 4 heteroatoms. The first-order chi connectivity index (χ1) is 12.6. The third kappa shape index (κ3) is 4.72. The van der Waals surface area contributed by atoms with E-state index in [1.54, 1.807) is 0 Å². The molecule has 0 aliphatic heterocycles. The number of carboxylic acid groups (broad SMARTS) is 1. The number of carboxylic acids is 1. The third-order valence-electron chi connectivity index (χ3n) is 5.25. The van der Waals surface area contributed by atoms with Crippen LogP contribution in [0.15, 0.2) is 60.7 Å². The maximum absolute atomic E-state index is 12.8. The summed E-state index contributed by atoms with van der Waals surface area (Å²) >= 11 is 0. The van der Waals surface area contributed by atoms with Gasteiger partial charge >= 0.3 is 5.97 Å². The predicted molar refractivity (Wildman–Crippen MR) is 101 cm³/mol. The SMILES string of the molecule is O=C(O)C1CCC(C(=O)NC(Cc2ccccc2)c2ccccc2)CC1. The molecule has 0 saturated heterocycles. The smallest absolute Gasteiger partial charge is 0.306 e. The van der Waals surface area contributed by atoms with Gasteiger partial charge in [0, 0.05) is 5.92 Å². The molecule has 2 aromatic rings. The molecule has 0 aromatic heterocycles. The van der Waals surface area contributed by atoms with Gasteiger partial charge < -0.3 is 10.4 Å². The van der Waals surface area contributed by atoms with Crippen molar-refractivity contribution >= 4 is 11.9 Å². The zero-order valence-corrected chi connectivity index (χ0v) is 14.8. The first-order valence-corrected chi connectivity index (χ1v) is 9.25. The van der Waals surface area contributed by atoms with E-state index in [0.717, 1.165) is 12.0 Å². The fourth-order valence-corrected chi connectivity index (χ4v) is 3.68. The molecule has 1 unspecified atom stereocenters. The minimum atomic E-state index is -0.741. The van der Waals surface area contributed by atoms with Gasteiger partial charge in [0.15, 0.2) is 0 Å². The molecule has 1 saturated carbocycles. The Labute approximate surface area is 154 Å². The number of nitrogens with one attached hydrogen (secondary N) is 1. The molecule has 1 fully saturated rings. The first kappa shape index (κ1) is 18.2. The highest BCUT2D eigenvalue weighted by Gasteiger charge is 2.30. The number of hydrogen-bond acceptors (Lipinski definition) is 2. The zero-order chi connectivity index (χ0) is 18.4. The number of carbonyl (C=O) groups excluding carboxylic acids is 1. The van der Waals surface area contributed by atoms with Crippen molar-refractivity contribution in [2.24, 2.45) is 11.8 Å².